The van der Waals surface area contributed by atoms with Crippen molar-refractivity contribution < 1.29 is 14.3 Å². The molecule has 2 amide bonds. The van der Waals surface area contributed by atoms with Crippen LogP contribution >= 0.6 is 0 Å². The number of unbranched alkanes of at least 4 members (excludes halogenated alkanes) is 1. The highest BCUT2D eigenvalue weighted by molar-refractivity contribution is 5.92. The van der Waals surface area contributed by atoms with Crippen molar-refractivity contribution in [3.05, 3.63) is 0 Å². The zero-order valence-electron chi connectivity index (χ0n) is 12.3. The molecule has 114 valence electrons. The Kier molecular flexibility index (Phi) is 5.68. The maximum absolute atomic E-state index is 11.5. The van der Waals surface area contributed by atoms with Crippen LogP contribution in [0.2, 0.25) is 0 Å². The summed E-state index contributed by atoms with van der Waals surface area (Å²) in [6.45, 7) is 2.30. The zero-order chi connectivity index (χ0) is 14.4. The standard InChI is InChI=1S/C15H26N2O3/c1-11-13(14(18)16-11)17-15(19)20-10-6-5-9-12-7-3-2-4-8-12/h11-13H,2-10H2,1H3,(H,16,18)(H,17,19)/t11-,13-/m1/s1. The first-order valence-electron chi connectivity index (χ1n) is 7.90. The molecular formula is C15H26N2O3. The minimum absolute atomic E-state index is 0.00125. The lowest BCUT2D eigenvalue weighted by atomic mass is 9.86. The Morgan fingerprint density at radius 2 is 2.05 bits per heavy atom. The highest BCUT2D eigenvalue weighted by Crippen LogP contribution is 2.27. The predicted octanol–water partition coefficient (Wildman–Crippen LogP) is 2.35. The number of rotatable bonds is 6. The van der Waals surface area contributed by atoms with Crippen molar-refractivity contribution in [2.75, 3.05) is 6.61 Å². The van der Waals surface area contributed by atoms with Gasteiger partial charge in [-0.15, -0.1) is 0 Å². The van der Waals surface area contributed by atoms with Gasteiger partial charge >= 0.3 is 6.09 Å². The summed E-state index contributed by atoms with van der Waals surface area (Å²) in [5.74, 6) is 0.754. The number of hydrogen-bond acceptors (Lipinski definition) is 3. The fraction of sp³-hybridized carbons (Fsp3) is 0.867. The summed E-state index contributed by atoms with van der Waals surface area (Å²) in [7, 11) is 0. The molecule has 1 saturated carbocycles. The van der Waals surface area contributed by atoms with E-state index >= 15 is 0 Å². The van der Waals surface area contributed by atoms with E-state index < -0.39 is 12.1 Å². The van der Waals surface area contributed by atoms with Gasteiger partial charge in [0, 0.05) is 0 Å². The molecule has 5 nitrogen and oxygen atoms in total. The summed E-state index contributed by atoms with van der Waals surface area (Å²) in [6.07, 6.45) is 9.71. The van der Waals surface area contributed by atoms with Crippen molar-refractivity contribution in [2.45, 2.75) is 70.4 Å². The van der Waals surface area contributed by atoms with Crippen molar-refractivity contribution in [2.24, 2.45) is 5.92 Å². The van der Waals surface area contributed by atoms with Crippen LogP contribution in [0.3, 0.4) is 0 Å². The number of β-lactam (4-membered cyclic amide) rings is 1. The first-order chi connectivity index (χ1) is 9.66. The smallest absolute Gasteiger partial charge is 0.407 e. The summed E-state index contributed by atoms with van der Waals surface area (Å²) in [5, 5.41) is 5.25. The average Bonchev–Trinajstić information content (AvgIpc) is 2.46. The zero-order valence-corrected chi connectivity index (χ0v) is 12.3. The number of nitrogens with one attached hydrogen (secondary N) is 2. The lowest BCUT2D eigenvalue weighted by Crippen LogP contribution is -2.67. The van der Waals surface area contributed by atoms with E-state index in [4.69, 9.17) is 4.74 Å². The van der Waals surface area contributed by atoms with Gasteiger partial charge in [0.05, 0.1) is 12.6 Å². The summed E-state index contributed by atoms with van der Waals surface area (Å²) < 4.78 is 5.10. The molecule has 20 heavy (non-hydrogen) atoms. The summed E-state index contributed by atoms with van der Waals surface area (Å²) >= 11 is 0. The Labute approximate surface area is 120 Å². The molecule has 0 bridgehead atoms. The van der Waals surface area contributed by atoms with Crippen molar-refractivity contribution in [3.63, 3.8) is 0 Å². The molecule has 0 radical (unpaired) electrons. The van der Waals surface area contributed by atoms with Crippen LogP contribution in [0.1, 0.15) is 58.3 Å². The number of hydrogen-bond donors (Lipinski definition) is 2. The molecule has 0 aromatic heterocycles. The molecule has 2 N–H and O–H groups in total. The van der Waals surface area contributed by atoms with Gasteiger partial charge in [-0.05, 0) is 25.7 Å². The molecule has 2 aliphatic rings. The third-order valence-corrected chi connectivity index (χ3v) is 4.39. The number of amides is 2. The largest absolute Gasteiger partial charge is 0.450 e. The Bertz CT molecular complexity index is 340. The molecule has 1 aliphatic carbocycles. The second-order valence-electron chi connectivity index (χ2n) is 6.06. The Morgan fingerprint density at radius 3 is 2.70 bits per heavy atom. The van der Waals surface area contributed by atoms with Crippen LogP contribution in [0.15, 0.2) is 0 Å². The average molecular weight is 282 g/mol. The van der Waals surface area contributed by atoms with Crippen molar-refractivity contribution >= 4 is 12.0 Å². The van der Waals surface area contributed by atoms with E-state index in [-0.39, 0.29) is 11.9 Å². The van der Waals surface area contributed by atoms with E-state index in [2.05, 4.69) is 10.6 Å². The maximum Gasteiger partial charge on any atom is 0.407 e. The second-order valence-corrected chi connectivity index (χ2v) is 6.06. The Balaban J connectivity index is 1.48. The second kappa shape index (κ2) is 7.50. The molecule has 2 atom stereocenters. The van der Waals surface area contributed by atoms with Gasteiger partial charge in [0.15, 0.2) is 0 Å². The summed E-state index contributed by atoms with van der Waals surface area (Å²) in [5.41, 5.74) is 0. The molecule has 0 aromatic rings. The van der Waals surface area contributed by atoms with Gasteiger partial charge < -0.3 is 15.4 Å². The predicted molar refractivity (Wildman–Crippen MR) is 76.3 cm³/mol. The van der Waals surface area contributed by atoms with E-state index in [0.717, 1.165) is 18.8 Å². The third-order valence-electron chi connectivity index (χ3n) is 4.39. The molecule has 2 fully saturated rings. The van der Waals surface area contributed by atoms with Crippen LogP contribution < -0.4 is 10.6 Å². The van der Waals surface area contributed by atoms with Crippen LogP contribution in [-0.4, -0.2) is 30.7 Å². The van der Waals surface area contributed by atoms with Crippen LogP contribution in [0.25, 0.3) is 0 Å². The number of alkyl carbamates (subject to hydrolysis) is 1. The van der Waals surface area contributed by atoms with Crippen molar-refractivity contribution in [1.29, 1.82) is 0 Å². The highest BCUT2D eigenvalue weighted by Gasteiger charge is 2.37. The molecule has 0 spiro atoms. The van der Waals surface area contributed by atoms with Crippen molar-refractivity contribution in [3.8, 4) is 0 Å². The van der Waals surface area contributed by atoms with Gasteiger partial charge in [-0.1, -0.05) is 38.5 Å². The van der Waals surface area contributed by atoms with Crippen LogP contribution in [0.4, 0.5) is 4.79 Å². The Hall–Kier alpha value is -1.26. The van der Waals surface area contributed by atoms with E-state index in [1.807, 2.05) is 6.92 Å². The first-order valence-corrected chi connectivity index (χ1v) is 7.90. The SMILES string of the molecule is C[C@H]1NC(=O)[C@@H]1NC(=O)OCCCCC1CCCCC1. The lowest BCUT2D eigenvalue weighted by Gasteiger charge is -2.33. The molecule has 0 aromatic carbocycles. The van der Waals surface area contributed by atoms with Gasteiger partial charge in [0.1, 0.15) is 6.04 Å². The van der Waals surface area contributed by atoms with E-state index in [1.165, 1.54) is 38.5 Å². The number of ether oxygens (including phenoxy) is 1. The topological polar surface area (TPSA) is 67.4 Å². The number of carbonyl (C=O) groups excluding carboxylic acids is 2. The minimum atomic E-state index is -0.477. The fourth-order valence-corrected chi connectivity index (χ4v) is 3.06. The Morgan fingerprint density at radius 1 is 1.30 bits per heavy atom. The third kappa shape index (κ3) is 4.39. The molecule has 1 saturated heterocycles. The molecule has 1 heterocycles. The molecule has 5 heteroatoms. The van der Waals surface area contributed by atoms with Gasteiger partial charge in [0.2, 0.25) is 5.91 Å². The van der Waals surface area contributed by atoms with Gasteiger partial charge in [0.25, 0.3) is 0 Å². The molecular weight excluding hydrogens is 256 g/mol. The van der Waals surface area contributed by atoms with Crippen LogP contribution in [-0.2, 0) is 9.53 Å². The lowest BCUT2D eigenvalue weighted by molar-refractivity contribution is -0.131. The summed E-state index contributed by atoms with van der Waals surface area (Å²) in [4.78, 5) is 22.6. The van der Waals surface area contributed by atoms with Crippen LogP contribution in [0, 0.1) is 5.92 Å². The first kappa shape index (κ1) is 15.1. The normalized spacial score (nSPS) is 26.6. The van der Waals surface area contributed by atoms with Gasteiger partial charge in [-0.3, -0.25) is 4.79 Å². The molecule has 1 aliphatic heterocycles. The van der Waals surface area contributed by atoms with E-state index in [0.29, 0.717) is 6.61 Å². The van der Waals surface area contributed by atoms with E-state index in [9.17, 15) is 9.59 Å². The van der Waals surface area contributed by atoms with E-state index in [1.54, 1.807) is 0 Å². The fourth-order valence-electron chi connectivity index (χ4n) is 3.06. The van der Waals surface area contributed by atoms with Gasteiger partial charge in [-0.2, -0.15) is 0 Å². The number of carbonyl (C=O) groups is 2. The molecule has 2 rings (SSSR count). The summed E-state index contributed by atoms with van der Waals surface area (Å²) in [6, 6.07) is -0.425. The van der Waals surface area contributed by atoms with Crippen LogP contribution in [0.5, 0.6) is 0 Å². The highest BCUT2D eigenvalue weighted by atomic mass is 16.5. The van der Waals surface area contributed by atoms with Gasteiger partial charge in [-0.25, -0.2) is 4.79 Å². The molecule has 0 unspecified atom stereocenters. The maximum atomic E-state index is 11.5. The van der Waals surface area contributed by atoms with Crippen molar-refractivity contribution in [1.82, 2.24) is 10.6 Å². The quantitative estimate of drug-likeness (QED) is 0.580. The monoisotopic (exact) mass is 282 g/mol. The minimum Gasteiger partial charge on any atom is -0.450 e.